The maximum Gasteiger partial charge on any atom is 0.295 e. The van der Waals surface area contributed by atoms with E-state index in [1.807, 2.05) is 0 Å². The molecule has 0 bridgehead atoms. The lowest BCUT2D eigenvalue weighted by Crippen LogP contribution is -2.31. The normalized spacial score (nSPS) is 12.7. The number of aryl methyl sites for hydroxylation is 2. The van der Waals surface area contributed by atoms with Crippen molar-refractivity contribution in [1.29, 1.82) is 0 Å². The van der Waals surface area contributed by atoms with E-state index in [0.717, 1.165) is 17.8 Å². The summed E-state index contributed by atoms with van der Waals surface area (Å²) in [6.45, 7) is 11.5. The van der Waals surface area contributed by atoms with E-state index in [4.69, 9.17) is 4.98 Å². The number of hydrogen-bond donors (Lipinski definition) is 0. The Morgan fingerprint density at radius 2 is 1.41 bits per heavy atom. The second-order valence-corrected chi connectivity index (χ2v) is 11.6. The Labute approximate surface area is 230 Å². The molecule has 0 atom stereocenters. The molecule has 0 saturated heterocycles. The van der Waals surface area contributed by atoms with Crippen molar-refractivity contribution in [1.82, 2.24) is 14.1 Å². The number of aromatic nitrogens is 4. The third-order valence-corrected chi connectivity index (χ3v) is 8.51. The van der Waals surface area contributed by atoms with Gasteiger partial charge in [0.2, 0.25) is 0 Å². The fourth-order valence-corrected chi connectivity index (χ4v) is 6.67. The van der Waals surface area contributed by atoms with E-state index in [0.29, 0.717) is 11.8 Å². The lowest BCUT2D eigenvalue weighted by Gasteiger charge is -2.19. The Balaban J connectivity index is 1.61. The van der Waals surface area contributed by atoms with Gasteiger partial charge in [-0.2, -0.15) is 4.57 Å². The van der Waals surface area contributed by atoms with Gasteiger partial charge in [-0.15, -0.1) is 0 Å². The van der Waals surface area contributed by atoms with Gasteiger partial charge in [-0.1, -0.05) is 76.2 Å². The van der Waals surface area contributed by atoms with Crippen LogP contribution >= 0.6 is 0 Å². The van der Waals surface area contributed by atoms with Crippen molar-refractivity contribution in [3.8, 4) is 22.8 Å². The van der Waals surface area contributed by atoms with Crippen LogP contribution in [0.5, 0.6) is 0 Å². The molecule has 0 spiro atoms. The van der Waals surface area contributed by atoms with Crippen LogP contribution < -0.4 is 4.57 Å². The molecule has 4 aromatic carbocycles. The van der Waals surface area contributed by atoms with Crippen molar-refractivity contribution in [3.63, 3.8) is 0 Å². The first-order valence-corrected chi connectivity index (χ1v) is 14.1. The molecule has 0 unspecified atom stereocenters. The summed E-state index contributed by atoms with van der Waals surface area (Å²) in [4.78, 5) is 5.04. The van der Waals surface area contributed by atoms with Gasteiger partial charge in [0.1, 0.15) is 11.5 Å². The first-order valence-electron chi connectivity index (χ1n) is 14.1. The average Bonchev–Trinajstić information content (AvgIpc) is 3.56. The monoisotopic (exact) mass is 511 g/mol. The molecule has 1 aliphatic heterocycles. The SMILES string of the molecule is Cc1ccc2c(c1-c1n(-c3c(C(C)C)cccc3C(C)C)c3ccccc3[n+]1C)Cc1nc3ccccc3n1-2. The zero-order valence-electron chi connectivity index (χ0n) is 23.7. The topological polar surface area (TPSA) is 26.6 Å². The smallest absolute Gasteiger partial charge is 0.295 e. The summed E-state index contributed by atoms with van der Waals surface area (Å²) in [6, 6.07) is 28.8. The molecule has 3 heterocycles. The van der Waals surface area contributed by atoms with Gasteiger partial charge in [0, 0.05) is 17.5 Å². The number of fused-ring (bicyclic) bond motifs is 6. The molecule has 0 saturated carbocycles. The first-order chi connectivity index (χ1) is 18.9. The summed E-state index contributed by atoms with van der Waals surface area (Å²) in [7, 11) is 2.23. The lowest BCUT2D eigenvalue weighted by atomic mass is 9.91. The molecule has 7 rings (SSSR count). The predicted octanol–water partition coefficient (Wildman–Crippen LogP) is 7.92. The van der Waals surface area contributed by atoms with E-state index in [-0.39, 0.29) is 0 Å². The van der Waals surface area contributed by atoms with Crippen LogP contribution in [0.2, 0.25) is 0 Å². The van der Waals surface area contributed by atoms with Crippen molar-refractivity contribution >= 4 is 22.1 Å². The van der Waals surface area contributed by atoms with Crippen LogP contribution in [-0.4, -0.2) is 14.1 Å². The standard InChI is InChI=1S/C35H35N4/c1-21(2)24-12-11-13-25(22(3)4)34(24)39-31-17-10-9-16-30(31)37(6)35(39)33-23(5)18-19-28-26(33)20-32-36-27-14-7-8-15-29(27)38(28)32/h7-19,21-22H,20H2,1-6H3/q+1. The van der Waals surface area contributed by atoms with Gasteiger partial charge in [0.05, 0.1) is 29.3 Å². The third kappa shape index (κ3) is 3.37. The van der Waals surface area contributed by atoms with E-state index < -0.39 is 0 Å². The molecule has 0 fully saturated rings. The van der Waals surface area contributed by atoms with Crippen molar-refractivity contribution in [2.45, 2.75) is 52.9 Å². The summed E-state index contributed by atoms with van der Waals surface area (Å²) in [5.41, 5.74) is 14.0. The number of hydrogen-bond acceptors (Lipinski definition) is 1. The molecule has 39 heavy (non-hydrogen) atoms. The summed E-state index contributed by atoms with van der Waals surface area (Å²) >= 11 is 0. The van der Waals surface area contributed by atoms with Gasteiger partial charge < -0.3 is 0 Å². The van der Waals surface area contributed by atoms with E-state index in [1.165, 1.54) is 61.6 Å². The highest BCUT2D eigenvalue weighted by Gasteiger charge is 2.35. The second kappa shape index (κ2) is 8.67. The molecule has 4 heteroatoms. The summed E-state index contributed by atoms with van der Waals surface area (Å²) < 4.78 is 7.32. The van der Waals surface area contributed by atoms with Crippen molar-refractivity contribution < 1.29 is 4.57 Å². The lowest BCUT2D eigenvalue weighted by molar-refractivity contribution is -0.633. The minimum absolute atomic E-state index is 0.400. The molecule has 0 aliphatic carbocycles. The molecule has 2 aromatic heterocycles. The molecule has 1 aliphatic rings. The maximum atomic E-state index is 5.04. The quantitative estimate of drug-likeness (QED) is 0.221. The number of nitrogens with zero attached hydrogens (tertiary/aromatic N) is 4. The van der Waals surface area contributed by atoms with E-state index in [9.17, 15) is 0 Å². The Kier molecular flexibility index (Phi) is 5.31. The van der Waals surface area contributed by atoms with Crippen molar-refractivity contribution in [3.05, 3.63) is 107 Å². The molecule has 194 valence electrons. The molecule has 0 N–H and O–H groups in total. The highest BCUT2D eigenvalue weighted by molar-refractivity contribution is 5.85. The number of benzene rings is 4. The fourth-order valence-electron chi connectivity index (χ4n) is 6.67. The number of para-hydroxylation sites is 5. The van der Waals surface area contributed by atoms with Gasteiger partial charge >= 0.3 is 0 Å². The summed E-state index contributed by atoms with van der Waals surface area (Å²) in [5, 5.41) is 0. The number of imidazole rings is 2. The molecule has 4 nitrogen and oxygen atoms in total. The molecule has 0 radical (unpaired) electrons. The Morgan fingerprint density at radius 1 is 0.744 bits per heavy atom. The zero-order valence-corrected chi connectivity index (χ0v) is 23.7. The first kappa shape index (κ1) is 23.9. The molecular weight excluding hydrogens is 476 g/mol. The predicted molar refractivity (Wildman–Crippen MR) is 160 cm³/mol. The van der Waals surface area contributed by atoms with Crippen LogP contribution in [0.4, 0.5) is 0 Å². The largest absolute Gasteiger partial charge is 0.296 e. The van der Waals surface area contributed by atoms with Crippen LogP contribution in [0.1, 0.15) is 67.6 Å². The minimum atomic E-state index is 0.400. The Bertz CT molecular complexity index is 1890. The number of rotatable bonds is 4. The van der Waals surface area contributed by atoms with Gasteiger partial charge in [-0.25, -0.2) is 9.55 Å². The summed E-state index contributed by atoms with van der Waals surface area (Å²) in [5.74, 6) is 3.15. The van der Waals surface area contributed by atoms with E-state index >= 15 is 0 Å². The van der Waals surface area contributed by atoms with Crippen molar-refractivity contribution in [2.75, 3.05) is 0 Å². The summed E-state index contributed by atoms with van der Waals surface area (Å²) in [6.07, 6.45) is 0.825. The van der Waals surface area contributed by atoms with E-state index in [1.54, 1.807) is 0 Å². The average molecular weight is 512 g/mol. The van der Waals surface area contributed by atoms with Crippen LogP contribution in [0.25, 0.3) is 44.8 Å². The van der Waals surface area contributed by atoms with Gasteiger partial charge in [0.25, 0.3) is 5.82 Å². The minimum Gasteiger partial charge on any atom is -0.296 e. The zero-order chi connectivity index (χ0) is 27.0. The van der Waals surface area contributed by atoms with Crippen LogP contribution in [0, 0.1) is 6.92 Å². The van der Waals surface area contributed by atoms with Crippen LogP contribution in [-0.2, 0) is 13.5 Å². The highest BCUT2D eigenvalue weighted by Crippen LogP contribution is 2.42. The molecule has 0 amide bonds. The maximum absolute atomic E-state index is 5.04. The van der Waals surface area contributed by atoms with Gasteiger partial charge in [0.15, 0.2) is 11.0 Å². The molecule has 6 aromatic rings. The Morgan fingerprint density at radius 3 is 2.13 bits per heavy atom. The van der Waals surface area contributed by atoms with E-state index in [2.05, 4.69) is 134 Å². The van der Waals surface area contributed by atoms with Gasteiger partial charge in [-0.3, -0.25) is 4.57 Å². The third-order valence-electron chi connectivity index (χ3n) is 8.51. The van der Waals surface area contributed by atoms with Crippen LogP contribution in [0.15, 0.2) is 78.9 Å². The molecular formula is C35H35N4+. The van der Waals surface area contributed by atoms with Crippen molar-refractivity contribution in [2.24, 2.45) is 7.05 Å². The van der Waals surface area contributed by atoms with Crippen LogP contribution in [0.3, 0.4) is 0 Å². The fraction of sp³-hybridized carbons (Fsp3) is 0.257. The van der Waals surface area contributed by atoms with Gasteiger partial charge in [-0.05, 0) is 60.2 Å². The second-order valence-electron chi connectivity index (χ2n) is 11.6. The highest BCUT2D eigenvalue weighted by atomic mass is 15.2. The Hall–Kier alpha value is -4.18.